The maximum Gasteiger partial charge on any atom is 0.322 e. The fourth-order valence-corrected chi connectivity index (χ4v) is 3.17. The Bertz CT molecular complexity index is 298. The number of carbonyl (C=O) groups excluding carboxylic acids is 1. The zero-order chi connectivity index (χ0) is 13.1. The SMILES string of the molecule is COC(=O)C(N)CCN1CCC2CCC(C1)N2C. The number of carbonyl (C=O) groups is 1. The molecule has 0 radical (unpaired) electrons. The minimum atomic E-state index is -0.479. The second-order valence-electron chi connectivity index (χ2n) is 5.56. The van der Waals surface area contributed by atoms with Gasteiger partial charge in [0.15, 0.2) is 0 Å². The molecule has 0 saturated carbocycles. The molecule has 18 heavy (non-hydrogen) atoms. The first kappa shape index (κ1) is 13.8. The number of ether oxygens (including phenoxy) is 1. The molecule has 2 rings (SSSR count). The summed E-state index contributed by atoms with van der Waals surface area (Å²) in [4.78, 5) is 16.2. The monoisotopic (exact) mass is 255 g/mol. The number of likely N-dealkylation sites (tertiary alicyclic amines) is 1. The molecule has 3 atom stereocenters. The Labute approximate surface area is 109 Å². The van der Waals surface area contributed by atoms with Gasteiger partial charge in [0.05, 0.1) is 7.11 Å². The summed E-state index contributed by atoms with van der Waals surface area (Å²) in [6.45, 7) is 3.13. The van der Waals surface area contributed by atoms with Gasteiger partial charge in [-0.2, -0.15) is 0 Å². The molecule has 0 spiro atoms. The third-order valence-electron chi connectivity index (χ3n) is 4.49. The molecular formula is C13H25N3O2. The summed E-state index contributed by atoms with van der Waals surface area (Å²) in [5.41, 5.74) is 5.78. The number of methoxy groups -OCH3 is 1. The number of likely N-dealkylation sites (N-methyl/N-ethyl adjacent to an activating group) is 1. The molecule has 3 unspecified atom stereocenters. The predicted octanol–water partition coefficient (Wildman–Crippen LogP) is 0.0453. The molecule has 0 aromatic heterocycles. The highest BCUT2D eigenvalue weighted by atomic mass is 16.5. The molecule has 2 fully saturated rings. The summed E-state index contributed by atoms with van der Waals surface area (Å²) < 4.78 is 4.65. The van der Waals surface area contributed by atoms with E-state index in [4.69, 9.17) is 5.73 Å². The van der Waals surface area contributed by atoms with Gasteiger partial charge in [-0.15, -0.1) is 0 Å². The molecule has 2 saturated heterocycles. The quantitative estimate of drug-likeness (QED) is 0.719. The average Bonchev–Trinajstić information content (AvgIpc) is 2.61. The van der Waals surface area contributed by atoms with Gasteiger partial charge in [0, 0.05) is 25.2 Å². The van der Waals surface area contributed by atoms with E-state index in [1.807, 2.05) is 0 Å². The third-order valence-corrected chi connectivity index (χ3v) is 4.49. The minimum Gasteiger partial charge on any atom is -0.468 e. The van der Waals surface area contributed by atoms with E-state index in [0.717, 1.165) is 25.7 Å². The number of esters is 1. The van der Waals surface area contributed by atoms with Crippen LogP contribution in [-0.2, 0) is 9.53 Å². The Balaban J connectivity index is 1.79. The molecule has 2 aliphatic rings. The van der Waals surface area contributed by atoms with Crippen molar-refractivity contribution in [1.29, 1.82) is 0 Å². The van der Waals surface area contributed by atoms with Crippen LogP contribution < -0.4 is 5.73 Å². The van der Waals surface area contributed by atoms with E-state index in [2.05, 4.69) is 21.6 Å². The molecule has 0 aliphatic carbocycles. The van der Waals surface area contributed by atoms with E-state index in [1.54, 1.807) is 0 Å². The molecule has 0 amide bonds. The first-order chi connectivity index (χ1) is 8.61. The van der Waals surface area contributed by atoms with Crippen LogP contribution in [0.1, 0.15) is 25.7 Å². The molecule has 2 aliphatic heterocycles. The first-order valence-electron chi connectivity index (χ1n) is 6.89. The number of hydrogen-bond donors (Lipinski definition) is 1. The number of hydrogen-bond acceptors (Lipinski definition) is 5. The fraction of sp³-hybridized carbons (Fsp3) is 0.923. The van der Waals surface area contributed by atoms with Crippen LogP contribution in [0, 0.1) is 0 Å². The summed E-state index contributed by atoms with van der Waals surface area (Å²) in [7, 11) is 3.63. The van der Waals surface area contributed by atoms with Gasteiger partial charge in [-0.3, -0.25) is 9.69 Å². The molecule has 0 aromatic rings. The van der Waals surface area contributed by atoms with Crippen molar-refractivity contribution in [3.8, 4) is 0 Å². The van der Waals surface area contributed by atoms with Gasteiger partial charge >= 0.3 is 5.97 Å². The van der Waals surface area contributed by atoms with E-state index in [-0.39, 0.29) is 5.97 Å². The van der Waals surface area contributed by atoms with Crippen molar-refractivity contribution < 1.29 is 9.53 Å². The molecule has 104 valence electrons. The van der Waals surface area contributed by atoms with Crippen molar-refractivity contribution in [2.75, 3.05) is 33.8 Å². The number of rotatable bonds is 4. The summed E-state index contributed by atoms with van der Waals surface area (Å²) in [5.74, 6) is -0.302. The van der Waals surface area contributed by atoms with Gasteiger partial charge in [0.1, 0.15) is 6.04 Å². The first-order valence-corrected chi connectivity index (χ1v) is 6.89. The van der Waals surface area contributed by atoms with Crippen LogP contribution in [0.2, 0.25) is 0 Å². The summed E-state index contributed by atoms with van der Waals surface area (Å²) >= 11 is 0. The van der Waals surface area contributed by atoms with E-state index >= 15 is 0 Å². The molecule has 2 N–H and O–H groups in total. The van der Waals surface area contributed by atoms with Gasteiger partial charge in [0.2, 0.25) is 0 Å². The van der Waals surface area contributed by atoms with Crippen LogP contribution in [0.3, 0.4) is 0 Å². The van der Waals surface area contributed by atoms with Crippen LogP contribution >= 0.6 is 0 Å². The smallest absolute Gasteiger partial charge is 0.322 e. The summed E-state index contributed by atoms with van der Waals surface area (Å²) in [6.07, 6.45) is 4.58. The maximum absolute atomic E-state index is 11.3. The highest BCUT2D eigenvalue weighted by Gasteiger charge is 2.34. The van der Waals surface area contributed by atoms with Crippen LogP contribution in [0.25, 0.3) is 0 Å². The lowest BCUT2D eigenvalue weighted by molar-refractivity contribution is -0.142. The van der Waals surface area contributed by atoms with Crippen molar-refractivity contribution in [1.82, 2.24) is 9.80 Å². The normalized spacial score (nSPS) is 31.1. The van der Waals surface area contributed by atoms with Gasteiger partial charge in [-0.05, 0) is 39.3 Å². The molecule has 5 nitrogen and oxygen atoms in total. The zero-order valence-electron chi connectivity index (χ0n) is 11.5. The lowest BCUT2D eigenvalue weighted by Gasteiger charge is -2.26. The third kappa shape index (κ3) is 3.02. The maximum atomic E-state index is 11.3. The van der Waals surface area contributed by atoms with Gasteiger partial charge in [-0.1, -0.05) is 0 Å². The predicted molar refractivity (Wildman–Crippen MR) is 70.2 cm³/mol. The van der Waals surface area contributed by atoms with Gasteiger partial charge in [-0.25, -0.2) is 0 Å². The van der Waals surface area contributed by atoms with E-state index < -0.39 is 6.04 Å². The van der Waals surface area contributed by atoms with Crippen LogP contribution in [0.15, 0.2) is 0 Å². The fourth-order valence-electron chi connectivity index (χ4n) is 3.17. The van der Waals surface area contributed by atoms with Crippen molar-refractivity contribution in [3.63, 3.8) is 0 Å². The summed E-state index contributed by atoms with van der Waals surface area (Å²) in [6, 6.07) is 0.967. The van der Waals surface area contributed by atoms with E-state index in [1.165, 1.54) is 26.4 Å². The van der Waals surface area contributed by atoms with Crippen molar-refractivity contribution >= 4 is 5.97 Å². The van der Waals surface area contributed by atoms with Crippen LogP contribution in [0.5, 0.6) is 0 Å². The average molecular weight is 255 g/mol. The van der Waals surface area contributed by atoms with Crippen LogP contribution in [-0.4, -0.2) is 67.7 Å². The number of fused-ring (bicyclic) bond motifs is 2. The Hall–Kier alpha value is -0.650. The Morgan fingerprint density at radius 1 is 1.39 bits per heavy atom. The largest absolute Gasteiger partial charge is 0.468 e. The standard InChI is InChI=1S/C13H25N3O2/c1-15-10-3-4-11(15)9-16(7-5-10)8-6-12(14)13(17)18-2/h10-12H,3-9,14H2,1-2H3. The second-order valence-corrected chi connectivity index (χ2v) is 5.56. The lowest BCUT2D eigenvalue weighted by atomic mass is 10.1. The lowest BCUT2D eigenvalue weighted by Crippen LogP contribution is -2.40. The van der Waals surface area contributed by atoms with Gasteiger partial charge in [0.25, 0.3) is 0 Å². The van der Waals surface area contributed by atoms with Crippen molar-refractivity contribution in [2.24, 2.45) is 5.73 Å². The zero-order valence-corrected chi connectivity index (χ0v) is 11.5. The van der Waals surface area contributed by atoms with Gasteiger partial charge < -0.3 is 15.4 Å². The summed E-state index contributed by atoms with van der Waals surface area (Å²) in [5, 5.41) is 0. The molecule has 5 heteroatoms. The molecule has 2 heterocycles. The second kappa shape index (κ2) is 5.99. The number of nitrogens with two attached hydrogens (primary N) is 1. The van der Waals surface area contributed by atoms with Crippen molar-refractivity contribution in [3.05, 3.63) is 0 Å². The number of nitrogens with zero attached hydrogens (tertiary/aromatic N) is 2. The van der Waals surface area contributed by atoms with E-state index in [0.29, 0.717) is 12.5 Å². The Kier molecular flexibility index (Phi) is 4.59. The van der Waals surface area contributed by atoms with Crippen LogP contribution in [0.4, 0.5) is 0 Å². The topological polar surface area (TPSA) is 58.8 Å². The highest BCUT2D eigenvalue weighted by Crippen LogP contribution is 2.28. The Morgan fingerprint density at radius 2 is 2.11 bits per heavy atom. The molecule has 2 bridgehead atoms. The minimum absolute atomic E-state index is 0.302. The van der Waals surface area contributed by atoms with Crippen molar-refractivity contribution in [2.45, 2.75) is 43.8 Å². The Morgan fingerprint density at radius 3 is 2.83 bits per heavy atom. The molecule has 0 aromatic carbocycles. The molecular weight excluding hydrogens is 230 g/mol. The highest BCUT2D eigenvalue weighted by molar-refractivity contribution is 5.75. The van der Waals surface area contributed by atoms with E-state index in [9.17, 15) is 4.79 Å².